The maximum Gasteiger partial charge on any atom is 0.249 e. The molecule has 0 amide bonds. The predicted octanol–water partition coefficient (Wildman–Crippen LogP) is 6.21. The topological polar surface area (TPSA) is 31.9 Å². The number of hydrogen-bond donors (Lipinski definition) is 1. The number of nitrogens with zero attached hydrogens (tertiary/aromatic N) is 3. The monoisotopic (exact) mass is 451 g/mol. The van der Waals surface area contributed by atoms with E-state index in [9.17, 15) is 0 Å². The first kappa shape index (κ1) is 22.6. The highest BCUT2D eigenvalue weighted by atomic mass is 15.5. The predicted molar refractivity (Wildman–Crippen MR) is 142 cm³/mol. The molecule has 0 spiro atoms. The van der Waals surface area contributed by atoms with Crippen LogP contribution in [0.15, 0.2) is 91.0 Å². The molecule has 174 valence electrons. The van der Waals surface area contributed by atoms with E-state index < -0.39 is 0 Å². The van der Waals surface area contributed by atoms with Crippen molar-refractivity contribution in [3.8, 4) is 11.4 Å². The fraction of sp³-hybridized carbons (Fsp3) is 0.300. The van der Waals surface area contributed by atoms with E-state index in [1.807, 2.05) is 0 Å². The van der Waals surface area contributed by atoms with Gasteiger partial charge >= 0.3 is 0 Å². The number of quaternary nitrogens is 1. The average Bonchev–Trinajstić information content (AvgIpc) is 3.29. The van der Waals surface area contributed by atoms with Crippen LogP contribution < -0.4 is 4.48 Å². The first-order chi connectivity index (χ1) is 16.7. The summed E-state index contributed by atoms with van der Waals surface area (Å²) in [5, 5.41) is 0. The Hall–Kier alpha value is -3.21. The Morgan fingerprint density at radius 3 is 1.88 bits per heavy atom. The molecule has 1 saturated heterocycles. The minimum atomic E-state index is 0.191. The number of imidazole rings is 1. The maximum atomic E-state index is 5.32. The minimum Gasteiger partial charge on any atom is -0.337 e. The highest BCUT2D eigenvalue weighted by Gasteiger charge is 2.46. The fourth-order valence-corrected chi connectivity index (χ4v) is 5.65. The third-order valence-corrected chi connectivity index (χ3v) is 7.22. The quantitative estimate of drug-likeness (QED) is 0.339. The number of aryl methyl sites for hydroxylation is 1. The molecule has 0 bridgehead atoms. The van der Waals surface area contributed by atoms with Crippen LogP contribution >= 0.6 is 0 Å². The van der Waals surface area contributed by atoms with Crippen LogP contribution in [0.4, 0.5) is 5.82 Å². The zero-order chi connectivity index (χ0) is 23.4. The van der Waals surface area contributed by atoms with Crippen molar-refractivity contribution < 1.29 is 0 Å². The number of rotatable bonds is 7. The Morgan fingerprint density at radius 1 is 0.824 bits per heavy atom. The molecular weight excluding hydrogens is 416 g/mol. The summed E-state index contributed by atoms with van der Waals surface area (Å²) in [4.78, 5) is 11.6. The normalized spacial score (nSPS) is 16.1. The van der Waals surface area contributed by atoms with Gasteiger partial charge in [0, 0.05) is 29.8 Å². The third-order valence-electron chi connectivity index (χ3n) is 7.22. The molecule has 2 heterocycles. The Kier molecular flexibility index (Phi) is 6.61. The number of aromatic amines is 1. The van der Waals surface area contributed by atoms with Crippen LogP contribution in [0.25, 0.3) is 11.4 Å². The van der Waals surface area contributed by atoms with Crippen LogP contribution in [-0.4, -0.2) is 47.6 Å². The second-order valence-corrected chi connectivity index (χ2v) is 9.45. The summed E-state index contributed by atoms with van der Waals surface area (Å²) in [5.41, 5.74) is 5.00. The average molecular weight is 452 g/mol. The van der Waals surface area contributed by atoms with Crippen molar-refractivity contribution >= 4 is 5.82 Å². The standard InChI is InChI=1S/C30H35N4/c1-3-19-33-20-22-34(23-21-33,30-24(2)31-29(32-30)27-17-11-6-12-18-27)28(25-13-7-4-8-14-25)26-15-9-5-10-16-26/h4-18,28H,3,19-23H2,1-2H3,(H,31,32)/q+1. The second kappa shape index (κ2) is 9.96. The number of benzene rings is 3. The van der Waals surface area contributed by atoms with Crippen molar-refractivity contribution in [3.05, 3.63) is 108 Å². The lowest BCUT2D eigenvalue weighted by molar-refractivity contribution is 0.109. The first-order valence-corrected chi connectivity index (χ1v) is 12.5. The van der Waals surface area contributed by atoms with Gasteiger partial charge in [-0.2, -0.15) is 4.98 Å². The molecule has 1 aromatic heterocycles. The molecule has 0 unspecified atom stereocenters. The molecule has 34 heavy (non-hydrogen) atoms. The first-order valence-electron chi connectivity index (χ1n) is 12.5. The zero-order valence-corrected chi connectivity index (χ0v) is 20.3. The van der Waals surface area contributed by atoms with Gasteiger partial charge in [0.15, 0.2) is 0 Å². The Bertz CT molecular complexity index is 1140. The molecule has 1 fully saturated rings. The van der Waals surface area contributed by atoms with Gasteiger partial charge in [-0.25, -0.2) is 0 Å². The number of piperazine rings is 1. The van der Waals surface area contributed by atoms with Gasteiger partial charge in [-0.3, -0.25) is 9.38 Å². The van der Waals surface area contributed by atoms with Gasteiger partial charge < -0.3 is 4.98 Å². The number of H-pyrrole nitrogens is 1. The fourth-order valence-electron chi connectivity index (χ4n) is 5.65. The molecule has 4 nitrogen and oxygen atoms in total. The molecule has 4 heteroatoms. The second-order valence-electron chi connectivity index (χ2n) is 9.45. The van der Waals surface area contributed by atoms with Gasteiger partial charge in [-0.15, -0.1) is 0 Å². The van der Waals surface area contributed by atoms with Crippen LogP contribution in [0.2, 0.25) is 0 Å². The number of nitrogens with one attached hydrogen (secondary N) is 1. The molecule has 0 radical (unpaired) electrons. The number of hydrogen-bond acceptors (Lipinski definition) is 2. The van der Waals surface area contributed by atoms with Crippen LogP contribution in [0.5, 0.6) is 0 Å². The summed E-state index contributed by atoms with van der Waals surface area (Å²) in [6, 6.07) is 32.7. The zero-order valence-electron chi connectivity index (χ0n) is 20.3. The highest BCUT2D eigenvalue weighted by molar-refractivity contribution is 5.60. The lowest BCUT2D eigenvalue weighted by Gasteiger charge is -2.48. The van der Waals surface area contributed by atoms with Crippen LogP contribution in [-0.2, 0) is 0 Å². The summed E-state index contributed by atoms with van der Waals surface area (Å²) >= 11 is 0. The van der Waals surface area contributed by atoms with Crippen LogP contribution in [0.1, 0.15) is 36.2 Å². The molecular formula is C30H35N4+. The molecule has 3 aromatic carbocycles. The molecule has 1 N–H and O–H groups in total. The highest BCUT2D eigenvalue weighted by Crippen LogP contribution is 2.42. The smallest absolute Gasteiger partial charge is 0.249 e. The molecule has 1 aliphatic heterocycles. The summed E-state index contributed by atoms with van der Waals surface area (Å²) in [5.74, 6) is 2.13. The van der Waals surface area contributed by atoms with E-state index in [4.69, 9.17) is 4.98 Å². The third kappa shape index (κ3) is 4.31. The van der Waals surface area contributed by atoms with Gasteiger partial charge in [0.05, 0.1) is 18.8 Å². The summed E-state index contributed by atoms with van der Waals surface area (Å²) in [7, 11) is 0. The Morgan fingerprint density at radius 2 is 1.35 bits per heavy atom. The SMILES string of the molecule is CCCN1CC[N+](c2nc(-c3ccccc3)[nH]c2C)(C(c2ccccc2)c2ccccc2)CC1. The van der Waals surface area contributed by atoms with Crippen molar-refractivity contribution in [1.29, 1.82) is 0 Å². The maximum absolute atomic E-state index is 5.32. The summed E-state index contributed by atoms with van der Waals surface area (Å²) in [6.45, 7) is 9.87. The van der Waals surface area contributed by atoms with Gasteiger partial charge in [0.25, 0.3) is 0 Å². The summed E-state index contributed by atoms with van der Waals surface area (Å²) < 4.78 is 0.837. The van der Waals surface area contributed by atoms with E-state index in [0.29, 0.717) is 0 Å². The molecule has 4 aromatic rings. The number of aromatic nitrogens is 2. The van der Waals surface area contributed by atoms with Crippen molar-refractivity contribution in [2.45, 2.75) is 26.3 Å². The van der Waals surface area contributed by atoms with E-state index in [0.717, 1.165) is 48.6 Å². The van der Waals surface area contributed by atoms with Crippen LogP contribution in [0.3, 0.4) is 0 Å². The van der Waals surface area contributed by atoms with Crippen molar-refractivity contribution in [2.24, 2.45) is 0 Å². The summed E-state index contributed by atoms with van der Waals surface area (Å²) in [6.07, 6.45) is 1.19. The largest absolute Gasteiger partial charge is 0.337 e. The molecule has 5 rings (SSSR count). The van der Waals surface area contributed by atoms with Crippen molar-refractivity contribution in [2.75, 3.05) is 32.7 Å². The van der Waals surface area contributed by atoms with Gasteiger partial charge in [0.1, 0.15) is 11.9 Å². The lowest BCUT2D eigenvalue weighted by Crippen LogP contribution is -2.63. The Labute approximate surface area is 203 Å². The van der Waals surface area contributed by atoms with Crippen LogP contribution in [0, 0.1) is 6.92 Å². The Balaban J connectivity index is 1.67. The van der Waals surface area contributed by atoms with E-state index in [1.54, 1.807) is 0 Å². The van der Waals surface area contributed by atoms with Gasteiger partial charge in [-0.1, -0.05) is 97.9 Å². The lowest BCUT2D eigenvalue weighted by atomic mass is 9.93. The van der Waals surface area contributed by atoms with Crippen molar-refractivity contribution in [3.63, 3.8) is 0 Å². The molecule has 0 saturated carbocycles. The van der Waals surface area contributed by atoms with Crippen molar-refractivity contribution in [1.82, 2.24) is 19.4 Å². The van der Waals surface area contributed by atoms with E-state index in [-0.39, 0.29) is 6.04 Å². The van der Waals surface area contributed by atoms with E-state index in [2.05, 4.69) is 115 Å². The van der Waals surface area contributed by atoms with Gasteiger partial charge in [-0.05, 0) is 19.9 Å². The van der Waals surface area contributed by atoms with E-state index in [1.165, 1.54) is 29.1 Å². The van der Waals surface area contributed by atoms with E-state index >= 15 is 0 Å². The minimum absolute atomic E-state index is 0.191. The molecule has 1 aliphatic rings. The van der Waals surface area contributed by atoms with Gasteiger partial charge in [0.2, 0.25) is 5.82 Å². The molecule has 0 atom stereocenters. The molecule has 0 aliphatic carbocycles.